The summed E-state index contributed by atoms with van der Waals surface area (Å²) >= 11 is 0. The molecule has 2 rings (SSSR count). The van der Waals surface area contributed by atoms with E-state index in [-0.39, 0.29) is 0 Å². The molecule has 2 heteroatoms. The zero-order valence-electron chi connectivity index (χ0n) is 11.1. The van der Waals surface area contributed by atoms with E-state index >= 15 is 0 Å². The highest BCUT2D eigenvalue weighted by Crippen LogP contribution is 2.26. The van der Waals surface area contributed by atoms with E-state index in [1.54, 1.807) is 0 Å². The number of aromatic nitrogens is 1. The number of rotatable bonds is 5. The Morgan fingerprint density at radius 1 is 1.11 bits per heavy atom. The van der Waals surface area contributed by atoms with Crippen LogP contribution < -0.4 is 5.32 Å². The standard InChI is InChI=1S/C16H20N2/c1-13-6-8-14(9-7-13)15(10-12-17-2)16-5-3-4-11-18-16/h3-9,11,15,17H,10,12H2,1-2H3. The number of pyridine rings is 1. The number of aryl methyl sites for hydroxylation is 1. The minimum Gasteiger partial charge on any atom is -0.320 e. The van der Waals surface area contributed by atoms with Crippen LogP contribution in [0.2, 0.25) is 0 Å². The zero-order chi connectivity index (χ0) is 12.8. The molecule has 0 aliphatic heterocycles. The lowest BCUT2D eigenvalue weighted by Crippen LogP contribution is -2.14. The molecule has 1 atom stereocenters. The van der Waals surface area contributed by atoms with Crippen molar-refractivity contribution >= 4 is 0 Å². The topological polar surface area (TPSA) is 24.9 Å². The smallest absolute Gasteiger partial charge is 0.0478 e. The molecule has 0 saturated carbocycles. The van der Waals surface area contributed by atoms with Gasteiger partial charge in [-0.2, -0.15) is 0 Å². The molecule has 1 heterocycles. The van der Waals surface area contributed by atoms with E-state index in [0.717, 1.165) is 18.7 Å². The molecule has 0 fully saturated rings. The second-order valence-corrected chi connectivity index (χ2v) is 4.61. The predicted molar refractivity (Wildman–Crippen MR) is 75.8 cm³/mol. The van der Waals surface area contributed by atoms with Gasteiger partial charge in [0.15, 0.2) is 0 Å². The Morgan fingerprint density at radius 2 is 1.89 bits per heavy atom. The summed E-state index contributed by atoms with van der Waals surface area (Å²) in [5.41, 5.74) is 3.79. The summed E-state index contributed by atoms with van der Waals surface area (Å²) < 4.78 is 0. The molecule has 2 aromatic rings. The van der Waals surface area contributed by atoms with Crippen molar-refractivity contribution in [3.05, 3.63) is 65.5 Å². The Balaban J connectivity index is 2.27. The van der Waals surface area contributed by atoms with E-state index in [4.69, 9.17) is 0 Å². The molecule has 2 nitrogen and oxygen atoms in total. The minimum atomic E-state index is 0.374. The lowest BCUT2D eigenvalue weighted by atomic mass is 9.91. The second kappa shape index (κ2) is 6.31. The zero-order valence-corrected chi connectivity index (χ0v) is 11.1. The third kappa shape index (κ3) is 3.17. The number of hydrogen-bond donors (Lipinski definition) is 1. The molecule has 94 valence electrons. The van der Waals surface area contributed by atoms with Gasteiger partial charge < -0.3 is 5.32 Å². The summed E-state index contributed by atoms with van der Waals surface area (Å²) in [5.74, 6) is 0.374. The van der Waals surface area contributed by atoms with E-state index in [2.05, 4.69) is 53.6 Å². The molecule has 0 bridgehead atoms. The van der Waals surface area contributed by atoms with Gasteiger partial charge in [0.1, 0.15) is 0 Å². The van der Waals surface area contributed by atoms with Gasteiger partial charge in [0.05, 0.1) is 0 Å². The summed E-state index contributed by atoms with van der Waals surface area (Å²) in [7, 11) is 1.99. The quantitative estimate of drug-likeness (QED) is 0.868. The van der Waals surface area contributed by atoms with Crippen molar-refractivity contribution in [1.82, 2.24) is 10.3 Å². The van der Waals surface area contributed by atoms with Crippen LogP contribution in [0.3, 0.4) is 0 Å². The molecule has 18 heavy (non-hydrogen) atoms. The summed E-state index contributed by atoms with van der Waals surface area (Å²) in [4.78, 5) is 4.50. The normalized spacial score (nSPS) is 12.3. The Bertz CT molecular complexity index is 462. The molecule has 0 saturated heterocycles. The Hall–Kier alpha value is -1.67. The van der Waals surface area contributed by atoms with Crippen LogP contribution in [-0.4, -0.2) is 18.6 Å². The molecule has 1 unspecified atom stereocenters. The number of nitrogens with one attached hydrogen (secondary N) is 1. The Labute approximate surface area is 109 Å². The van der Waals surface area contributed by atoms with E-state index in [1.807, 2.05) is 19.3 Å². The van der Waals surface area contributed by atoms with Crippen LogP contribution in [0.5, 0.6) is 0 Å². The van der Waals surface area contributed by atoms with Crippen molar-refractivity contribution in [2.45, 2.75) is 19.3 Å². The first kappa shape index (κ1) is 12.8. The molecule has 0 radical (unpaired) electrons. The highest BCUT2D eigenvalue weighted by molar-refractivity contribution is 5.30. The van der Waals surface area contributed by atoms with Crippen LogP contribution in [-0.2, 0) is 0 Å². The first-order chi connectivity index (χ1) is 8.81. The van der Waals surface area contributed by atoms with Gasteiger partial charge in [-0.05, 0) is 44.6 Å². The van der Waals surface area contributed by atoms with Gasteiger partial charge in [-0.1, -0.05) is 35.9 Å². The van der Waals surface area contributed by atoms with Crippen LogP contribution in [0.15, 0.2) is 48.7 Å². The van der Waals surface area contributed by atoms with Crippen molar-refractivity contribution in [1.29, 1.82) is 0 Å². The summed E-state index contributed by atoms with van der Waals surface area (Å²) in [6.45, 7) is 3.11. The van der Waals surface area contributed by atoms with Gasteiger partial charge in [-0.3, -0.25) is 4.98 Å². The lowest BCUT2D eigenvalue weighted by molar-refractivity contribution is 0.649. The monoisotopic (exact) mass is 240 g/mol. The third-order valence-corrected chi connectivity index (χ3v) is 3.21. The molecule has 1 aromatic carbocycles. The molecule has 0 amide bonds. The predicted octanol–water partition coefficient (Wildman–Crippen LogP) is 3.13. The van der Waals surface area contributed by atoms with Crippen LogP contribution in [0.1, 0.15) is 29.2 Å². The fourth-order valence-corrected chi connectivity index (χ4v) is 2.15. The summed E-state index contributed by atoms with van der Waals surface area (Å²) in [5, 5.41) is 3.22. The van der Waals surface area contributed by atoms with Crippen LogP contribution in [0.4, 0.5) is 0 Å². The minimum absolute atomic E-state index is 0.374. The fourth-order valence-electron chi connectivity index (χ4n) is 2.15. The maximum atomic E-state index is 4.50. The second-order valence-electron chi connectivity index (χ2n) is 4.61. The van der Waals surface area contributed by atoms with E-state index in [1.165, 1.54) is 11.1 Å². The number of hydrogen-bond acceptors (Lipinski definition) is 2. The molecule has 0 aliphatic rings. The first-order valence-corrected chi connectivity index (χ1v) is 6.43. The van der Waals surface area contributed by atoms with Crippen molar-refractivity contribution in [3.63, 3.8) is 0 Å². The van der Waals surface area contributed by atoms with E-state index < -0.39 is 0 Å². The molecule has 0 spiro atoms. The number of nitrogens with zero attached hydrogens (tertiary/aromatic N) is 1. The molecule has 0 aliphatic carbocycles. The van der Waals surface area contributed by atoms with Gasteiger partial charge in [0.25, 0.3) is 0 Å². The highest BCUT2D eigenvalue weighted by Gasteiger charge is 2.14. The van der Waals surface area contributed by atoms with Crippen molar-refractivity contribution < 1.29 is 0 Å². The molecular weight excluding hydrogens is 220 g/mol. The average molecular weight is 240 g/mol. The molecule has 1 aromatic heterocycles. The fraction of sp³-hybridized carbons (Fsp3) is 0.312. The SMILES string of the molecule is CNCCC(c1ccc(C)cc1)c1ccccn1. The van der Waals surface area contributed by atoms with Gasteiger partial charge in [0, 0.05) is 17.8 Å². The van der Waals surface area contributed by atoms with Crippen LogP contribution in [0, 0.1) is 6.92 Å². The molecule has 1 N–H and O–H groups in total. The highest BCUT2D eigenvalue weighted by atomic mass is 14.8. The largest absolute Gasteiger partial charge is 0.320 e. The Morgan fingerprint density at radius 3 is 2.50 bits per heavy atom. The van der Waals surface area contributed by atoms with Crippen LogP contribution >= 0.6 is 0 Å². The number of benzene rings is 1. The van der Waals surface area contributed by atoms with Gasteiger partial charge in [0.2, 0.25) is 0 Å². The van der Waals surface area contributed by atoms with Gasteiger partial charge >= 0.3 is 0 Å². The van der Waals surface area contributed by atoms with Gasteiger partial charge in [-0.15, -0.1) is 0 Å². The van der Waals surface area contributed by atoms with Crippen molar-refractivity contribution in [2.75, 3.05) is 13.6 Å². The summed E-state index contributed by atoms with van der Waals surface area (Å²) in [6, 6.07) is 14.9. The maximum Gasteiger partial charge on any atom is 0.0478 e. The first-order valence-electron chi connectivity index (χ1n) is 6.43. The molecular formula is C16H20N2. The van der Waals surface area contributed by atoms with Crippen molar-refractivity contribution in [2.24, 2.45) is 0 Å². The average Bonchev–Trinajstić information content (AvgIpc) is 2.42. The van der Waals surface area contributed by atoms with Crippen molar-refractivity contribution in [3.8, 4) is 0 Å². The maximum absolute atomic E-state index is 4.50. The van der Waals surface area contributed by atoms with Crippen LogP contribution in [0.25, 0.3) is 0 Å². The van der Waals surface area contributed by atoms with Gasteiger partial charge in [-0.25, -0.2) is 0 Å². The summed E-state index contributed by atoms with van der Waals surface area (Å²) in [6.07, 6.45) is 2.94. The van der Waals surface area contributed by atoms with E-state index in [0.29, 0.717) is 5.92 Å². The lowest BCUT2D eigenvalue weighted by Gasteiger charge is -2.17. The Kier molecular flexibility index (Phi) is 4.48. The third-order valence-electron chi connectivity index (χ3n) is 3.21. The van der Waals surface area contributed by atoms with E-state index in [9.17, 15) is 0 Å².